The summed E-state index contributed by atoms with van der Waals surface area (Å²) < 4.78 is 5.43. The summed E-state index contributed by atoms with van der Waals surface area (Å²) in [6.45, 7) is 11.3. The highest BCUT2D eigenvalue weighted by Gasteiger charge is 2.31. The fourth-order valence-electron chi connectivity index (χ4n) is 2.73. The minimum atomic E-state index is 0.459. The maximum Gasteiger partial charge on any atom is 0.0471 e. The Labute approximate surface area is 99.3 Å². The molecule has 2 aliphatic heterocycles. The highest BCUT2D eigenvalue weighted by Crippen LogP contribution is 2.29. The van der Waals surface area contributed by atoms with E-state index in [0.29, 0.717) is 10.8 Å². The standard InChI is InChI=1S/C13H26N2O/c1-12(4-7-16-8-5-12)9-15-11-13(2)3-6-14-10-13/h14-15H,3-11H2,1-2H3. The second-order valence-electron chi connectivity index (χ2n) is 6.26. The smallest absolute Gasteiger partial charge is 0.0471 e. The SMILES string of the molecule is CC1(CNCC2(C)CCNC2)CCOCC1. The Bertz CT molecular complexity index is 218. The fourth-order valence-corrected chi connectivity index (χ4v) is 2.73. The first-order valence-electron chi connectivity index (χ1n) is 6.61. The van der Waals surface area contributed by atoms with Crippen molar-refractivity contribution in [1.29, 1.82) is 0 Å². The van der Waals surface area contributed by atoms with Crippen molar-refractivity contribution in [3.8, 4) is 0 Å². The molecule has 94 valence electrons. The predicted molar refractivity (Wildman–Crippen MR) is 66.6 cm³/mol. The van der Waals surface area contributed by atoms with E-state index in [1.54, 1.807) is 0 Å². The van der Waals surface area contributed by atoms with Crippen LogP contribution in [0.15, 0.2) is 0 Å². The molecule has 0 aromatic heterocycles. The molecule has 2 rings (SSSR count). The van der Waals surface area contributed by atoms with Gasteiger partial charge in [0.2, 0.25) is 0 Å². The predicted octanol–water partition coefficient (Wildman–Crippen LogP) is 1.39. The molecule has 0 radical (unpaired) electrons. The maximum absolute atomic E-state index is 5.43. The van der Waals surface area contributed by atoms with Gasteiger partial charge in [0.05, 0.1) is 0 Å². The fraction of sp³-hybridized carbons (Fsp3) is 1.00. The third-order valence-electron chi connectivity index (χ3n) is 4.26. The molecule has 1 unspecified atom stereocenters. The molecular weight excluding hydrogens is 200 g/mol. The zero-order valence-electron chi connectivity index (χ0n) is 10.8. The quantitative estimate of drug-likeness (QED) is 0.760. The first kappa shape index (κ1) is 12.3. The van der Waals surface area contributed by atoms with Crippen molar-refractivity contribution in [3.63, 3.8) is 0 Å². The number of hydrogen-bond donors (Lipinski definition) is 2. The number of ether oxygens (including phenoxy) is 1. The van der Waals surface area contributed by atoms with Gasteiger partial charge in [-0.1, -0.05) is 13.8 Å². The molecule has 2 saturated heterocycles. The molecule has 0 aliphatic carbocycles. The Hall–Kier alpha value is -0.120. The van der Waals surface area contributed by atoms with Crippen LogP contribution in [0.3, 0.4) is 0 Å². The minimum absolute atomic E-state index is 0.459. The van der Waals surface area contributed by atoms with E-state index in [9.17, 15) is 0 Å². The Morgan fingerprint density at radius 1 is 1.06 bits per heavy atom. The number of hydrogen-bond acceptors (Lipinski definition) is 3. The Morgan fingerprint density at radius 3 is 2.38 bits per heavy atom. The van der Waals surface area contributed by atoms with E-state index < -0.39 is 0 Å². The lowest BCUT2D eigenvalue weighted by Gasteiger charge is -2.35. The van der Waals surface area contributed by atoms with E-state index in [1.807, 2.05) is 0 Å². The van der Waals surface area contributed by atoms with Gasteiger partial charge in [0, 0.05) is 32.8 Å². The average molecular weight is 226 g/mol. The van der Waals surface area contributed by atoms with Gasteiger partial charge in [0.15, 0.2) is 0 Å². The van der Waals surface area contributed by atoms with Crippen LogP contribution in [0, 0.1) is 10.8 Å². The highest BCUT2D eigenvalue weighted by molar-refractivity contribution is 4.87. The van der Waals surface area contributed by atoms with Crippen LogP contribution in [-0.2, 0) is 4.74 Å². The van der Waals surface area contributed by atoms with E-state index in [2.05, 4.69) is 24.5 Å². The molecule has 2 aliphatic rings. The molecule has 0 amide bonds. The molecule has 3 heteroatoms. The molecule has 3 nitrogen and oxygen atoms in total. The van der Waals surface area contributed by atoms with Crippen LogP contribution in [0.25, 0.3) is 0 Å². The molecule has 0 bridgehead atoms. The molecule has 0 aromatic rings. The summed E-state index contributed by atoms with van der Waals surface area (Å²) in [5, 5.41) is 7.13. The van der Waals surface area contributed by atoms with Crippen molar-refractivity contribution >= 4 is 0 Å². The topological polar surface area (TPSA) is 33.3 Å². The van der Waals surface area contributed by atoms with Crippen LogP contribution in [0.2, 0.25) is 0 Å². The summed E-state index contributed by atoms with van der Waals surface area (Å²) in [4.78, 5) is 0. The lowest BCUT2D eigenvalue weighted by atomic mass is 9.82. The van der Waals surface area contributed by atoms with Crippen molar-refractivity contribution in [2.75, 3.05) is 39.4 Å². The summed E-state index contributed by atoms with van der Waals surface area (Å²) in [5.41, 5.74) is 0.933. The summed E-state index contributed by atoms with van der Waals surface area (Å²) in [6, 6.07) is 0. The molecule has 1 atom stereocenters. The van der Waals surface area contributed by atoms with Crippen LogP contribution in [0.1, 0.15) is 33.1 Å². The number of nitrogens with one attached hydrogen (secondary N) is 2. The van der Waals surface area contributed by atoms with Crippen molar-refractivity contribution in [2.45, 2.75) is 33.1 Å². The van der Waals surface area contributed by atoms with Crippen LogP contribution >= 0.6 is 0 Å². The van der Waals surface area contributed by atoms with Crippen molar-refractivity contribution < 1.29 is 4.74 Å². The van der Waals surface area contributed by atoms with Gasteiger partial charge in [-0.2, -0.15) is 0 Å². The first-order valence-corrected chi connectivity index (χ1v) is 6.61. The van der Waals surface area contributed by atoms with Crippen molar-refractivity contribution in [1.82, 2.24) is 10.6 Å². The van der Waals surface area contributed by atoms with E-state index >= 15 is 0 Å². The van der Waals surface area contributed by atoms with Gasteiger partial charge >= 0.3 is 0 Å². The molecule has 0 aromatic carbocycles. The highest BCUT2D eigenvalue weighted by atomic mass is 16.5. The summed E-state index contributed by atoms with van der Waals surface area (Å²) >= 11 is 0. The van der Waals surface area contributed by atoms with Gasteiger partial charge in [-0.15, -0.1) is 0 Å². The van der Waals surface area contributed by atoms with Crippen LogP contribution in [-0.4, -0.2) is 39.4 Å². The van der Waals surface area contributed by atoms with Crippen LogP contribution < -0.4 is 10.6 Å². The van der Waals surface area contributed by atoms with Gasteiger partial charge in [-0.3, -0.25) is 0 Å². The Morgan fingerprint density at radius 2 is 1.75 bits per heavy atom. The van der Waals surface area contributed by atoms with E-state index in [0.717, 1.165) is 26.3 Å². The second-order valence-corrected chi connectivity index (χ2v) is 6.26. The van der Waals surface area contributed by atoms with Gasteiger partial charge in [0.1, 0.15) is 0 Å². The van der Waals surface area contributed by atoms with Crippen molar-refractivity contribution in [2.24, 2.45) is 10.8 Å². The van der Waals surface area contributed by atoms with Crippen molar-refractivity contribution in [3.05, 3.63) is 0 Å². The van der Waals surface area contributed by atoms with Gasteiger partial charge in [0.25, 0.3) is 0 Å². The third kappa shape index (κ3) is 3.19. The molecule has 2 N–H and O–H groups in total. The molecule has 0 spiro atoms. The average Bonchev–Trinajstić information content (AvgIpc) is 2.66. The molecule has 16 heavy (non-hydrogen) atoms. The normalized spacial score (nSPS) is 34.1. The number of rotatable bonds is 4. The third-order valence-corrected chi connectivity index (χ3v) is 4.26. The lowest BCUT2D eigenvalue weighted by molar-refractivity contribution is 0.0232. The van der Waals surface area contributed by atoms with Crippen LogP contribution in [0.4, 0.5) is 0 Å². The van der Waals surface area contributed by atoms with E-state index in [-0.39, 0.29) is 0 Å². The van der Waals surface area contributed by atoms with Gasteiger partial charge < -0.3 is 15.4 Å². The summed E-state index contributed by atoms with van der Waals surface area (Å²) in [5.74, 6) is 0. The zero-order chi connectivity index (χ0) is 11.5. The first-order chi connectivity index (χ1) is 7.62. The second kappa shape index (κ2) is 5.03. The Balaban J connectivity index is 1.70. The van der Waals surface area contributed by atoms with Crippen LogP contribution in [0.5, 0.6) is 0 Å². The molecule has 2 fully saturated rings. The minimum Gasteiger partial charge on any atom is -0.381 e. The molecule has 2 heterocycles. The van der Waals surface area contributed by atoms with Gasteiger partial charge in [-0.05, 0) is 36.6 Å². The summed E-state index contributed by atoms with van der Waals surface area (Å²) in [6.07, 6.45) is 3.71. The van der Waals surface area contributed by atoms with E-state index in [1.165, 1.54) is 32.4 Å². The maximum atomic E-state index is 5.43. The largest absolute Gasteiger partial charge is 0.381 e. The lowest BCUT2D eigenvalue weighted by Crippen LogP contribution is -2.41. The Kier molecular flexibility index (Phi) is 3.88. The van der Waals surface area contributed by atoms with E-state index in [4.69, 9.17) is 4.74 Å². The zero-order valence-corrected chi connectivity index (χ0v) is 10.8. The van der Waals surface area contributed by atoms with Gasteiger partial charge in [-0.25, -0.2) is 0 Å². The monoisotopic (exact) mass is 226 g/mol. The molecular formula is C13H26N2O. The molecule has 0 saturated carbocycles. The summed E-state index contributed by atoms with van der Waals surface area (Å²) in [7, 11) is 0.